The van der Waals surface area contributed by atoms with Gasteiger partial charge in [-0.15, -0.1) is 0 Å². The first-order chi connectivity index (χ1) is 6.90. The maximum absolute atomic E-state index is 11.4. The van der Waals surface area contributed by atoms with Gasteiger partial charge in [0.25, 0.3) is 0 Å². The van der Waals surface area contributed by atoms with Crippen molar-refractivity contribution in [3.63, 3.8) is 0 Å². The van der Waals surface area contributed by atoms with E-state index < -0.39 is 11.7 Å². The molecule has 0 aromatic heterocycles. The number of hydrogen-bond acceptors (Lipinski definition) is 3. The van der Waals surface area contributed by atoms with E-state index in [1.165, 1.54) is 0 Å². The molecule has 1 rings (SSSR count). The van der Waals surface area contributed by atoms with E-state index in [-0.39, 0.29) is 6.04 Å². The molecule has 0 bridgehead atoms. The first kappa shape index (κ1) is 11.6. The van der Waals surface area contributed by atoms with E-state index in [4.69, 9.17) is 10.00 Å². The lowest BCUT2D eigenvalue weighted by molar-refractivity contribution is 0.0514. The Bertz CT molecular complexity index is 320. The molecule has 4 nitrogen and oxygen atoms in total. The van der Waals surface area contributed by atoms with Gasteiger partial charge in [0, 0.05) is 5.57 Å². The van der Waals surface area contributed by atoms with Crippen LogP contribution in [0.5, 0.6) is 0 Å². The van der Waals surface area contributed by atoms with E-state index in [0.29, 0.717) is 0 Å². The highest BCUT2D eigenvalue weighted by atomic mass is 16.6. The van der Waals surface area contributed by atoms with Crippen LogP contribution in [0.3, 0.4) is 0 Å². The lowest BCUT2D eigenvalue weighted by atomic mass is 10.2. The monoisotopic (exact) mass is 208 g/mol. The normalized spacial score (nSPS) is 20.4. The van der Waals surface area contributed by atoms with Gasteiger partial charge in [-0.2, -0.15) is 5.26 Å². The highest BCUT2D eigenvalue weighted by Crippen LogP contribution is 2.18. The molecule has 0 radical (unpaired) electrons. The quantitative estimate of drug-likeness (QED) is 0.718. The third-order valence-electron chi connectivity index (χ3n) is 1.97. The molecule has 1 aliphatic rings. The number of hydrogen-bond donors (Lipinski definition) is 1. The third-order valence-corrected chi connectivity index (χ3v) is 1.97. The van der Waals surface area contributed by atoms with Crippen LogP contribution in [0.25, 0.3) is 0 Å². The van der Waals surface area contributed by atoms with Crippen LogP contribution >= 0.6 is 0 Å². The fourth-order valence-corrected chi connectivity index (χ4v) is 1.39. The fourth-order valence-electron chi connectivity index (χ4n) is 1.39. The number of nitrogens with one attached hydrogen (secondary N) is 1. The topological polar surface area (TPSA) is 62.1 Å². The molecule has 0 saturated heterocycles. The lowest BCUT2D eigenvalue weighted by Crippen LogP contribution is -2.37. The summed E-state index contributed by atoms with van der Waals surface area (Å²) < 4.78 is 5.11. The second-order valence-electron chi connectivity index (χ2n) is 4.60. The average molecular weight is 208 g/mol. The maximum atomic E-state index is 11.4. The Morgan fingerprint density at radius 3 is 2.80 bits per heavy atom. The number of carbonyl (C=O) groups is 1. The zero-order valence-corrected chi connectivity index (χ0v) is 9.33. The minimum Gasteiger partial charge on any atom is -0.444 e. The Kier molecular flexibility index (Phi) is 3.35. The molecule has 15 heavy (non-hydrogen) atoms. The zero-order valence-electron chi connectivity index (χ0n) is 9.33. The molecule has 1 atom stereocenters. The van der Waals surface area contributed by atoms with Crippen molar-refractivity contribution in [3.05, 3.63) is 11.6 Å². The predicted molar refractivity (Wildman–Crippen MR) is 56.1 cm³/mol. The Hall–Kier alpha value is -1.50. The summed E-state index contributed by atoms with van der Waals surface area (Å²) in [6.07, 6.45) is 2.87. The number of amides is 1. The molecule has 4 heteroatoms. The van der Waals surface area contributed by atoms with Crippen molar-refractivity contribution >= 4 is 6.09 Å². The summed E-state index contributed by atoms with van der Waals surface area (Å²) in [6.45, 7) is 5.45. The van der Waals surface area contributed by atoms with Crippen LogP contribution < -0.4 is 5.32 Å². The maximum Gasteiger partial charge on any atom is 0.408 e. The van der Waals surface area contributed by atoms with Crippen LogP contribution in [0.15, 0.2) is 11.6 Å². The Morgan fingerprint density at radius 2 is 2.33 bits per heavy atom. The summed E-state index contributed by atoms with van der Waals surface area (Å²) in [5.41, 5.74) is 0.251. The molecule has 0 aliphatic heterocycles. The van der Waals surface area contributed by atoms with Gasteiger partial charge in [0.2, 0.25) is 0 Å². The molecular formula is C11H16N2O2. The standard InChI is InChI=1S/C11H16N2O2/c1-11(2,3)15-10(14)13-9-5-4-8(6-9)7-12/h6,9H,4-5H2,1-3H3,(H,13,14). The fraction of sp³-hybridized carbons (Fsp3) is 0.636. The Balaban J connectivity index is 2.41. The number of rotatable bonds is 1. The highest BCUT2D eigenvalue weighted by molar-refractivity contribution is 5.68. The highest BCUT2D eigenvalue weighted by Gasteiger charge is 2.21. The number of allylic oxidation sites excluding steroid dienone is 1. The summed E-state index contributed by atoms with van der Waals surface area (Å²) in [7, 11) is 0. The minimum absolute atomic E-state index is 0.0606. The Labute approximate surface area is 89.9 Å². The van der Waals surface area contributed by atoms with Crippen LogP contribution in [0.1, 0.15) is 33.6 Å². The van der Waals surface area contributed by atoms with E-state index in [9.17, 15) is 4.79 Å². The van der Waals surface area contributed by atoms with Gasteiger partial charge in [-0.05, 0) is 39.7 Å². The molecule has 1 unspecified atom stereocenters. The zero-order chi connectivity index (χ0) is 11.5. The van der Waals surface area contributed by atoms with E-state index in [1.54, 1.807) is 6.08 Å². The molecular weight excluding hydrogens is 192 g/mol. The number of nitrogens with zero attached hydrogens (tertiary/aromatic N) is 1. The van der Waals surface area contributed by atoms with E-state index in [0.717, 1.165) is 18.4 Å². The van der Waals surface area contributed by atoms with Crippen molar-refractivity contribution in [1.82, 2.24) is 5.32 Å². The SMILES string of the molecule is CC(C)(C)OC(=O)NC1C=C(C#N)CC1. The van der Waals surface area contributed by atoms with Crippen molar-refractivity contribution in [3.8, 4) is 6.07 Å². The molecule has 1 amide bonds. The summed E-state index contributed by atoms with van der Waals surface area (Å²) in [5.74, 6) is 0. The van der Waals surface area contributed by atoms with Crippen molar-refractivity contribution in [2.45, 2.75) is 45.3 Å². The van der Waals surface area contributed by atoms with Gasteiger partial charge < -0.3 is 10.1 Å². The van der Waals surface area contributed by atoms with Crippen LogP contribution in [-0.2, 0) is 4.74 Å². The van der Waals surface area contributed by atoms with Gasteiger partial charge in [-0.3, -0.25) is 0 Å². The number of nitriles is 1. The Morgan fingerprint density at radius 1 is 1.67 bits per heavy atom. The predicted octanol–water partition coefficient (Wildman–Crippen LogP) is 2.12. The summed E-state index contributed by atoms with van der Waals surface area (Å²) >= 11 is 0. The smallest absolute Gasteiger partial charge is 0.408 e. The molecule has 1 N–H and O–H groups in total. The average Bonchev–Trinajstić information content (AvgIpc) is 2.48. The van der Waals surface area contributed by atoms with Crippen LogP contribution in [0.4, 0.5) is 4.79 Å². The van der Waals surface area contributed by atoms with Crippen molar-refractivity contribution < 1.29 is 9.53 Å². The molecule has 0 aromatic rings. The molecule has 0 aromatic carbocycles. The number of carbonyl (C=O) groups excluding carboxylic acids is 1. The number of ether oxygens (including phenoxy) is 1. The van der Waals surface area contributed by atoms with Crippen molar-refractivity contribution in [2.24, 2.45) is 0 Å². The van der Waals surface area contributed by atoms with E-state index >= 15 is 0 Å². The summed E-state index contributed by atoms with van der Waals surface area (Å²) in [6, 6.07) is 2.02. The first-order valence-corrected chi connectivity index (χ1v) is 5.01. The number of alkyl carbamates (subject to hydrolysis) is 1. The van der Waals surface area contributed by atoms with Crippen LogP contribution in [0.2, 0.25) is 0 Å². The molecule has 0 saturated carbocycles. The summed E-state index contributed by atoms with van der Waals surface area (Å²) in [5, 5.41) is 11.4. The van der Waals surface area contributed by atoms with E-state index in [1.807, 2.05) is 20.8 Å². The second-order valence-corrected chi connectivity index (χ2v) is 4.60. The second kappa shape index (κ2) is 4.35. The first-order valence-electron chi connectivity index (χ1n) is 5.01. The van der Waals surface area contributed by atoms with Crippen molar-refractivity contribution in [1.29, 1.82) is 5.26 Å². The molecule has 1 aliphatic carbocycles. The largest absolute Gasteiger partial charge is 0.444 e. The van der Waals surface area contributed by atoms with Gasteiger partial charge in [0.15, 0.2) is 0 Å². The molecule has 82 valence electrons. The lowest BCUT2D eigenvalue weighted by Gasteiger charge is -2.21. The molecule has 0 fully saturated rings. The third kappa shape index (κ3) is 4.03. The van der Waals surface area contributed by atoms with Gasteiger partial charge >= 0.3 is 6.09 Å². The molecule has 0 spiro atoms. The van der Waals surface area contributed by atoms with Crippen LogP contribution in [0, 0.1) is 11.3 Å². The van der Waals surface area contributed by atoms with E-state index in [2.05, 4.69) is 11.4 Å². The molecule has 0 heterocycles. The van der Waals surface area contributed by atoms with Crippen molar-refractivity contribution in [2.75, 3.05) is 0 Å². The van der Waals surface area contributed by atoms with Gasteiger partial charge in [0.05, 0.1) is 12.1 Å². The minimum atomic E-state index is -0.482. The van der Waals surface area contributed by atoms with Gasteiger partial charge in [0.1, 0.15) is 5.60 Å². The summed E-state index contributed by atoms with van der Waals surface area (Å²) in [4.78, 5) is 11.4. The van der Waals surface area contributed by atoms with Crippen LogP contribution in [-0.4, -0.2) is 17.7 Å². The van der Waals surface area contributed by atoms with Gasteiger partial charge in [-0.1, -0.05) is 0 Å². The van der Waals surface area contributed by atoms with Gasteiger partial charge in [-0.25, -0.2) is 4.79 Å².